The Labute approximate surface area is 125 Å². The first-order valence-corrected chi connectivity index (χ1v) is 7.64. The Bertz CT molecular complexity index is 583. The Balaban J connectivity index is 1.88. The van der Waals surface area contributed by atoms with E-state index in [1.165, 1.54) is 6.42 Å². The van der Waals surface area contributed by atoms with Crippen LogP contribution in [0.4, 0.5) is 0 Å². The molecule has 0 N–H and O–H groups in total. The standard InChI is InChI=1S/C19H20O2/c20-18(16-10-4-1-5-11-16)21-19(14-8-3-9-15-19)17-12-6-2-7-13-17/h1-2,4-7,10-13H,3,8-9,14-15H2. The van der Waals surface area contributed by atoms with Gasteiger partial charge in [-0.25, -0.2) is 4.79 Å². The molecule has 0 bridgehead atoms. The van der Waals surface area contributed by atoms with E-state index in [1.807, 2.05) is 48.5 Å². The van der Waals surface area contributed by atoms with Crippen LogP contribution in [0.25, 0.3) is 0 Å². The van der Waals surface area contributed by atoms with Crippen LogP contribution in [0, 0.1) is 0 Å². The van der Waals surface area contributed by atoms with Crippen LogP contribution < -0.4 is 0 Å². The van der Waals surface area contributed by atoms with E-state index >= 15 is 0 Å². The Morgan fingerprint density at radius 1 is 0.810 bits per heavy atom. The van der Waals surface area contributed by atoms with Gasteiger partial charge in [-0.05, 0) is 43.4 Å². The summed E-state index contributed by atoms with van der Waals surface area (Å²) in [6.07, 6.45) is 5.26. The molecule has 3 rings (SSSR count). The van der Waals surface area contributed by atoms with E-state index in [0.29, 0.717) is 5.56 Å². The number of carbonyl (C=O) groups is 1. The fourth-order valence-corrected chi connectivity index (χ4v) is 3.13. The van der Waals surface area contributed by atoms with Gasteiger partial charge in [-0.2, -0.15) is 0 Å². The van der Waals surface area contributed by atoms with Crippen molar-refractivity contribution in [1.82, 2.24) is 0 Å². The minimum atomic E-state index is -0.452. The lowest BCUT2D eigenvalue weighted by atomic mass is 9.79. The molecular formula is C19H20O2. The molecule has 2 heteroatoms. The molecule has 108 valence electrons. The van der Waals surface area contributed by atoms with Crippen molar-refractivity contribution in [2.24, 2.45) is 0 Å². The van der Waals surface area contributed by atoms with Gasteiger partial charge in [-0.3, -0.25) is 0 Å². The molecule has 0 aromatic heterocycles. The van der Waals surface area contributed by atoms with E-state index in [2.05, 4.69) is 12.1 Å². The molecule has 0 amide bonds. The molecule has 0 spiro atoms. The summed E-state index contributed by atoms with van der Waals surface area (Å²) < 4.78 is 6.01. The van der Waals surface area contributed by atoms with Crippen molar-refractivity contribution >= 4 is 5.97 Å². The maximum atomic E-state index is 12.5. The quantitative estimate of drug-likeness (QED) is 0.761. The van der Waals surface area contributed by atoms with Crippen molar-refractivity contribution in [2.75, 3.05) is 0 Å². The zero-order chi connectivity index (χ0) is 14.5. The smallest absolute Gasteiger partial charge is 0.339 e. The molecule has 21 heavy (non-hydrogen) atoms. The molecule has 0 aliphatic heterocycles. The van der Waals surface area contributed by atoms with Gasteiger partial charge in [0.15, 0.2) is 0 Å². The van der Waals surface area contributed by atoms with Crippen LogP contribution in [0.5, 0.6) is 0 Å². The summed E-state index contributed by atoms with van der Waals surface area (Å²) in [5.74, 6) is -0.221. The zero-order valence-corrected chi connectivity index (χ0v) is 12.1. The SMILES string of the molecule is O=C(OC1(c2ccccc2)CCCCC1)c1ccccc1. The summed E-state index contributed by atoms with van der Waals surface area (Å²) >= 11 is 0. The Hall–Kier alpha value is -2.09. The Kier molecular flexibility index (Phi) is 4.05. The van der Waals surface area contributed by atoms with Crippen LogP contribution in [-0.4, -0.2) is 5.97 Å². The first-order chi connectivity index (χ1) is 10.3. The third kappa shape index (κ3) is 2.99. The van der Waals surface area contributed by atoms with Crippen molar-refractivity contribution in [3.05, 3.63) is 71.8 Å². The molecular weight excluding hydrogens is 260 g/mol. The van der Waals surface area contributed by atoms with Crippen molar-refractivity contribution < 1.29 is 9.53 Å². The third-order valence-electron chi connectivity index (χ3n) is 4.26. The first-order valence-electron chi connectivity index (χ1n) is 7.64. The summed E-state index contributed by atoms with van der Waals surface area (Å²) in [5, 5.41) is 0. The highest BCUT2D eigenvalue weighted by Crippen LogP contribution is 2.41. The van der Waals surface area contributed by atoms with E-state index in [0.717, 1.165) is 31.2 Å². The van der Waals surface area contributed by atoms with Crippen LogP contribution in [0.1, 0.15) is 48.0 Å². The molecule has 2 nitrogen and oxygen atoms in total. The van der Waals surface area contributed by atoms with Crippen molar-refractivity contribution in [3.63, 3.8) is 0 Å². The molecule has 1 aliphatic rings. The number of esters is 1. The van der Waals surface area contributed by atoms with E-state index in [1.54, 1.807) is 0 Å². The predicted molar refractivity (Wildman–Crippen MR) is 83.1 cm³/mol. The molecule has 0 saturated heterocycles. The second-order valence-electron chi connectivity index (χ2n) is 5.68. The molecule has 0 atom stereocenters. The Morgan fingerprint density at radius 3 is 2.00 bits per heavy atom. The van der Waals surface area contributed by atoms with Gasteiger partial charge in [-0.15, -0.1) is 0 Å². The largest absolute Gasteiger partial charge is 0.451 e. The number of benzene rings is 2. The lowest BCUT2D eigenvalue weighted by Crippen LogP contribution is -2.34. The minimum Gasteiger partial charge on any atom is -0.451 e. The maximum absolute atomic E-state index is 12.5. The molecule has 1 aliphatic carbocycles. The first kappa shape index (κ1) is 13.9. The monoisotopic (exact) mass is 280 g/mol. The molecule has 0 radical (unpaired) electrons. The number of carbonyl (C=O) groups excluding carboxylic acids is 1. The fraction of sp³-hybridized carbons (Fsp3) is 0.316. The van der Waals surface area contributed by atoms with Gasteiger partial charge in [0.2, 0.25) is 0 Å². The highest BCUT2D eigenvalue weighted by Gasteiger charge is 2.37. The van der Waals surface area contributed by atoms with E-state index in [-0.39, 0.29) is 5.97 Å². The number of hydrogen-bond acceptors (Lipinski definition) is 2. The molecule has 1 saturated carbocycles. The minimum absolute atomic E-state index is 0.221. The predicted octanol–water partition coefficient (Wildman–Crippen LogP) is 4.70. The maximum Gasteiger partial charge on any atom is 0.339 e. The summed E-state index contributed by atoms with van der Waals surface area (Å²) in [6, 6.07) is 19.4. The van der Waals surface area contributed by atoms with Gasteiger partial charge in [0.25, 0.3) is 0 Å². The number of hydrogen-bond donors (Lipinski definition) is 0. The van der Waals surface area contributed by atoms with E-state index < -0.39 is 5.60 Å². The van der Waals surface area contributed by atoms with Crippen LogP contribution >= 0.6 is 0 Å². The van der Waals surface area contributed by atoms with Gasteiger partial charge in [0, 0.05) is 0 Å². The van der Waals surface area contributed by atoms with Crippen LogP contribution in [0.3, 0.4) is 0 Å². The zero-order valence-electron chi connectivity index (χ0n) is 12.1. The van der Waals surface area contributed by atoms with Gasteiger partial charge in [-0.1, -0.05) is 55.0 Å². The van der Waals surface area contributed by atoms with Crippen LogP contribution in [-0.2, 0) is 10.3 Å². The summed E-state index contributed by atoms with van der Waals surface area (Å²) in [5.41, 5.74) is 1.29. The molecule has 1 fully saturated rings. The second-order valence-corrected chi connectivity index (χ2v) is 5.68. The number of ether oxygens (including phenoxy) is 1. The van der Waals surface area contributed by atoms with Crippen LogP contribution in [0.2, 0.25) is 0 Å². The number of rotatable bonds is 3. The van der Waals surface area contributed by atoms with Gasteiger partial charge >= 0.3 is 5.97 Å². The average molecular weight is 280 g/mol. The highest BCUT2D eigenvalue weighted by atomic mass is 16.6. The second kappa shape index (κ2) is 6.13. The van der Waals surface area contributed by atoms with Crippen molar-refractivity contribution in [1.29, 1.82) is 0 Å². The summed E-state index contributed by atoms with van der Waals surface area (Å²) in [4.78, 5) is 12.5. The summed E-state index contributed by atoms with van der Waals surface area (Å²) in [7, 11) is 0. The van der Waals surface area contributed by atoms with E-state index in [9.17, 15) is 4.79 Å². The van der Waals surface area contributed by atoms with Crippen molar-refractivity contribution in [3.8, 4) is 0 Å². The normalized spacial score (nSPS) is 17.1. The van der Waals surface area contributed by atoms with Crippen LogP contribution in [0.15, 0.2) is 60.7 Å². The van der Waals surface area contributed by atoms with E-state index in [4.69, 9.17) is 4.74 Å². The molecule has 2 aromatic rings. The lowest BCUT2D eigenvalue weighted by Gasteiger charge is -2.37. The van der Waals surface area contributed by atoms with Gasteiger partial charge in [0.05, 0.1) is 5.56 Å². The van der Waals surface area contributed by atoms with Gasteiger partial charge < -0.3 is 4.74 Å². The molecule has 0 heterocycles. The topological polar surface area (TPSA) is 26.3 Å². The lowest BCUT2D eigenvalue weighted by molar-refractivity contribution is -0.0416. The highest BCUT2D eigenvalue weighted by molar-refractivity contribution is 5.89. The third-order valence-corrected chi connectivity index (χ3v) is 4.26. The van der Waals surface area contributed by atoms with Gasteiger partial charge in [0.1, 0.15) is 5.60 Å². The molecule has 2 aromatic carbocycles. The van der Waals surface area contributed by atoms with Crippen molar-refractivity contribution in [2.45, 2.75) is 37.7 Å². The molecule has 0 unspecified atom stereocenters. The fourth-order valence-electron chi connectivity index (χ4n) is 3.13. The summed E-state index contributed by atoms with van der Waals surface area (Å²) in [6.45, 7) is 0. The average Bonchev–Trinajstić information content (AvgIpc) is 2.57. The Morgan fingerprint density at radius 2 is 1.38 bits per heavy atom.